The summed E-state index contributed by atoms with van der Waals surface area (Å²) in [5, 5.41) is 5.75. The van der Waals surface area contributed by atoms with Gasteiger partial charge >= 0.3 is 0 Å². The van der Waals surface area contributed by atoms with Crippen molar-refractivity contribution in [1.29, 1.82) is 0 Å². The lowest BCUT2D eigenvalue weighted by molar-refractivity contribution is 0.0945. The van der Waals surface area contributed by atoms with E-state index in [0.29, 0.717) is 24.2 Å². The predicted octanol–water partition coefficient (Wildman–Crippen LogP) is 4.89. The van der Waals surface area contributed by atoms with Crippen molar-refractivity contribution in [1.82, 2.24) is 10.6 Å². The minimum absolute atomic E-state index is 0.0669. The highest BCUT2D eigenvalue weighted by Crippen LogP contribution is 2.33. The first kappa shape index (κ1) is 20.4. The summed E-state index contributed by atoms with van der Waals surface area (Å²) >= 11 is 0. The van der Waals surface area contributed by atoms with Gasteiger partial charge in [-0.1, -0.05) is 38.1 Å². The fourth-order valence-electron chi connectivity index (χ4n) is 3.02. The largest absolute Gasteiger partial charge is 0.464 e. The van der Waals surface area contributed by atoms with Crippen molar-refractivity contribution in [3.63, 3.8) is 0 Å². The maximum absolute atomic E-state index is 12.1. The summed E-state index contributed by atoms with van der Waals surface area (Å²) in [7, 11) is 0. The van der Waals surface area contributed by atoms with Crippen molar-refractivity contribution in [3.8, 4) is 22.5 Å². The number of benzene rings is 2. The Kier molecular flexibility index (Phi) is 6.85. The van der Waals surface area contributed by atoms with Gasteiger partial charge in [-0.15, -0.1) is 0 Å². The van der Waals surface area contributed by atoms with Crippen molar-refractivity contribution >= 4 is 11.8 Å². The molecule has 0 aliphatic carbocycles. The lowest BCUT2D eigenvalue weighted by atomic mass is 10.00. The molecule has 2 N–H and O–H groups in total. The van der Waals surface area contributed by atoms with Crippen molar-refractivity contribution in [2.45, 2.75) is 26.7 Å². The second-order valence-electron chi connectivity index (χ2n) is 6.83. The molecule has 0 aliphatic heterocycles. The van der Waals surface area contributed by atoms with E-state index in [1.54, 1.807) is 18.4 Å². The van der Waals surface area contributed by atoms with Gasteiger partial charge in [-0.05, 0) is 48.7 Å². The minimum Gasteiger partial charge on any atom is -0.464 e. The van der Waals surface area contributed by atoms with Gasteiger partial charge in [-0.2, -0.15) is 0 Å². The molecule has 0 aliphatic rings. The van der Waals surface area contributed by atoms with Gasteiger partial charge in [0, 0.05) is 35.3 Å². The molecular formula is C24H26N2O3. The summed E-state index contributed by atoms with van der Waals surface area (Å²) in [6.07, 6.45) is 3.45. The Morgan fingerprint density at radius 3 is 1.69 bits per heavy atom. The first-order valence-corrected chi connectivity index (χ1v) is 9.98. The first-order chi connectivity index (χ1) is 14.1. The average Bonchev–Trinajstić information content (AvgIpc) is 3.26. The Labute approximate surface area is 171 Å². The molecule has 0 saturated heterocycles. The molecule has 150 valence electrons. The van der Waals surface area contributed by atoms with E-state index in [-0.39, 0.29) is 11.8 Å². The molecule has 0 atom stereocenters. The number of amides is 2. The highest BCUT2D eigenvalue weighted by atomic mass is 16.3. The molecule has 1 aromatic heterocycles. The Bertz CT molecular complexity index is 879. The number of furan rings is 1. The molecule has 2 aromatic carbocycles. The van der Waals surface area contributed by atoms with Gasteiger partial charge in [0.25, 0.3) is 11.8 Å². The number of hydrogen-bond acceptors (Lipinski definition) is 3. The molecule has 0 unspecified atom stereocenters. The van der Waals surface area contributed by atoms with Crippen molar-refractivity contribution in [2.75, 3.05) is 13.1 Å². The van der Waals surface area contributed by atoms with Gasteiger partial charge in [0.2, 0.25) is 0 Å². The molecule has 1 heterocycles. The quantitative estimate of drug-likeness (QED) is 0.575. The van der Waals surface area contributed by atoms with E-state index in [1.165, 1.54) is 0 Å². The van der Waals surface area contributed by atoms with Gasteiger partial charge in [0.15, 0.2) is 0 Å². The smallest absolute Gasteiger partial charge is 0.251 e. The van der Waals surface area contributed by atoms with Crippen LogP contribution in [0.1, 0.15) is 47.4 Å². The third kappa shape index (κ3) is 4.93. The van der Waals surface area contributed by atoms with E-state index in [1.807, 2.05) is 56.3 Å². The second kappa shape index (κ2) is 9.73. The third-order valence-corrected chi connectivity index (χ3v) is 4.60. The summed E-state index contributed by atoms with van der Waals surface area (Å²) in [5.41, 5.74) is 4.05. The molecule has 5 nitrogen and oxygen atoms in total. The van der Waals surface area contributed by atoms with E-state index in [0.717, 1.165) is 35.3 Å². The van der Waals surface area contributed by atoms with Crippen molar-refractivity contribution in [3.05, 3.63) is 72.0 Å². The molecule has 0 bridgehead atoms. The van der Waals surface area contributed by atoms with Crippen LogP contribution in [-0.4, -0.2) is 24.9 Å². The number of hydrogen-bond donors (Lipinski definition) is 2. The predicted molar refractivity (Wildman–Crippen MR) is 115 cm³/mol. The van der Waals surface area contributed by atoms with Crippen LogP contribution in [0, 0.1) is 0 Å². The van der Waals surface area contributed by atoms with Gasteiger partial charge < -0.3 is 15.1 Å². The standard InChI is InChI=1S/C24H26N2O3/c1-3-14-25-23(27)19-9-5-17(6-10-19)21-13-16-29-22(21)18-7-11-20(12-8-18)24(28)26-15-4-2/h5-13,16H,3-4,14-15H2,1-2H3,(H,25,27)(H,26,28). The normalized spacial score (nSPS) is 10.6. The molecule has 3 aromatic rings. The van der Waals surface area contributed by atoms with Gasteiger partial charge in [0.1, 0.15) is 5.76 Å². The average molecular weight is 390 g/mol. The minimum atomic E-state index is -0.0741. The highest BCUT2D eigenvalue weighted by Gasteiger charge is 2.13. The van der Waals surface area contributed by atoms with Crippen LogP contribution in [0.4, 0.5) is 0 Å². The number of nitrogens with one attached hydrogen (secondary N) is 2. The van der Waals surface area contributed by atoms with Gasteiger partial charge in [-0.25, -0.2) is 0 Å². The van der Waals surface area contributed by atoms with Crippen LogP contribution in [0.5, 0.6) is 0 Å². The zero-order valence-corrected chi connectivity index (χ0v) is 16.8. The molecule has 0 saturated carbocycles. The zero-order chi connectivity index (χ0) is 20.6. The number of rotatable bonds is 8. The summed E-state index contributed by atoms with van der Waals surface area (Å²) in [6, 6.07) is 16.7. The SMILES string of the molecule is CCCNC(=O)c1ccc(-c2ccoc2-c2ccc(C(=O)NCCC)cc2)cc1. The Hall–Kier alpha value is -3.34. The van der Waals surface area contributed by atoms with E-state index in [9.17, 15) is 9.59 Å². The summed E-state index contributed by atoms with van der Waals surface area (Å²) in [5.74, 6) is 0.589. The molecular weight excluding hydrogens is 364 g/mol. The fourth-order valence-corrected chi connectivity index (χ4v) is 3.02. The summed E-state index contributed by atoms with van der Waals surface area (Å²) < 4.78 is 5.72. The lowest BCUT2D eigenvalue weighted by Crippen LogP contribution is -2.23. The molecule has 3 rings (SSSR count). The Morgan fingerprint density at radius 1 is 0.724 bits per heavy atom. The van der Waals surface area contributed by atoms with Crippen LogP contribution in [0.15, 0.2) is 65.3 Å². The molecule has 0 radical (unpaired) electrons. The molecule has 5 heteroatoms. The van der Waals surface area contributed by atoms with Crippen LogP contribution in [0.25, 0.3) is 22.5 Å². The van der Waals surface area contributed by atoms with E-state index in [2.05, 4.69) is 10.6 Å². The van der Waals surface area contributed by atoms with E-state index < -0.39 is 0 Å². The molecule has 2 amide bonds. The number of carbonyl (C=O) groups excluding carboxylic acids is 2. The maximum Gasteiger partial charge on any atom is 0.251 e. The summed E-state index contributed by atoms with van der Waals surface area (Å²) in [6.45, 7) is 5.37. The number of carbonyl (C=O) groups is 2. The highest BCUT2D eigenvalue weighted by molar-refractivity contribution is 5.96. The second-order valence-corrected chi connectivity index (χ2v) is 6.83. The van der Waals surface area contributed by atoms with Crippen molar-refractivity contribution < 1.29 is 14.0 Å². The Balaban J connectivity index is 1.79. The van der Waals surface area contributed by atoms with Crippen LogP contribution >= 0.6 is 0 Å². The van der Waals surface area contributed by atoms with Gasteiger partial charge in [-0.3, -0.25) is 9.59 Å². The van der Waals surface area contributed by atoms with Gasteiger partial charge in [0.05, 0.1) is 6.26 Å². The summed E-state index contributed by atoms with van der Waals surface area (Å²) in [4.78, 5) is 24.2. The van der Waals surface area contributed by atoms with Crippen molar-refractivity contribution in [2.24, 2.45) is 0 Å². The first-order valence-electron chi connectivity index (χ1n) is 9.98. The van der Waals surface area contributed by atoms with E-state index >= 15 is 0 Å². The monoisotopic (exact) mass is 390 g/mol. The van der Waals surface area contributed by atoms with Crippen LogP contribution in [0.3, 0.4) is 0 Å². The fraction of sp³-hybridized carbons (Fsp3) is 0.250. The topological polar surface area (TPSA) is 71.3 Å². The Morgan fingerprint density at radius 2 is 1.21 bits per heavy atom. The van der Waals surface area contributed by atoms with Crippen LogP contribution in [-0.2, 0) is 0 Å². The maximum atomic E-state index is 12.1. The zero-order valence-electron chi connectivity index (χ0n) is 16.8. The molecule has 29 heavy (non-hydrogen) atoms. The molecule has 0 fully saturated rings. The third-order valence-electron chi connectivity index (χ3n) is 4.60. The van der Waals surface area contributed by atoms with Crippen LogP contribution in [0.2, 0.25) is 0 Å². The lowest BCUT2D eigenvalue weighted by Gasteiger charge is -2.07. The van der Waals surface area contributed by atoms with Crippen LogP contribution < -0.4 is 10.6 Å². The van der Waals surface area contributed by atoms with E-state index in [4.69, 9.17) is 4.42 Å². The molecule has 0 spiro atoms.